The number of unbranched alkanes of at least 4 members (excludes halogenated alkanes) is 30. The second kappa shape index (κ2) is 51.1. The van der Waals surface area contributed by atoms with E-state index in [1.54, 1.807) is 0 Å². The van der Waals surface area contributed by atoms with Crippen LogP contribution in [0.5, 0.6) is 0 Å². The maximum Gasteiger partial charge on any atom is 0.405 e. The molecule has 2 unspecified atom stereocenters. The fourth-order valence-electron chi connectivity index (χ4n) is 8.65. The molecule has 2 atom stereocenters. The first kappa shape index (κ1) is 65.7. The van der Waals surface area contributed by atoms with Crippen LogP contribution in [0.3, 0.4) is 0 Å². The molecule has 0 radical (unpaired) electrons. The third-order valence-electron chi connectivity index (χ3n) is 13.0. The standard InChI is InChI=1S/C55H116N2O5PS2/c1-6-8-10-12-14-22-32-42-54(64-52-40-30-20-26-36-48-58)44-34-24-16-18-28-38-50-61-63(60,56-46-47-57(3,4)5)62-51-39-29-19-17-25-35-45-55(43-33-23-15-13-11-9-7-2)65-53-41-31-21-27-37-49-59/h54-55,58-59H,6-53H2,1-5H3,(H,56,60)/q+1. The molecule has 0 aliphatic rings. The van der Waals surface area contributed by atoms with Gasteiger partial charge in [-0.3, -0.25) is 9.05 Å². The maximum atomic E-state index is 13.8. The van der Waals surface area contributed by atoms with Gasteiger partial charge in [0, 0.05) is 23.7 Å². The van der Waals surface area contributed by atoms with Gasteiger partial charge in [0.2, 0.25) is 0 Å². The second-order valence-electron chi connectivity index (χ2n) is 20.7. The number of aliphatic hydroxyl groups excluding tert-OH is 2. The number of nitrogens with zero attached hydrogens (tertiary/aromatic N) is 1. The SMILES string of the molecule is CCCCCCCCCC(CCCCCCCCOP(=O)(NCC[N+](C)(C)C)OCCCCCCCCC(CCCCCCCCC)SCCCCCCCO)SCCCCCCCO. The summed E-state index contributed by atoms with van der Waals surface area (Å²) in [5.74, 6) is 2.60. The quantitative estimate of drug-likeness (QED) is 0.0316. The van der Waals surface area contributed by atoms with Gasteiger partial charge >= 0.3 is 7.75 Å². The van der Waals surface area contributed by atoms with E-state index in [0.717, 1.165) is 60.1 Å². The van der Waals surface area contributed by atoms with Crippen molar-refractivity contribution in [3.8, 4) is 0 Å². The molecule has 10 heteroatoms. The van der Waals surface area contributed by atoms with Crippen molar-refractivity contribution in [1.29, 1.82) is 0 Å². The molecule has 0 rings (SSSR count). The molecule has 0 saturated carbocycles. The summed E-state index contributed by atoms with van der Waals surface area (Å²) in [6, 6.07) is 0. The topological polar surface area (TPSA) is 88.0 Å². The van der Waals surface area contributed by atoms with Crippen molar-refractivity contribution in [2.24, 2.45) is 0 Å². The minimum atomic E-state index is -3.32. The van der Waals surface area contributed by atoms with Gasteiger partial charge < -0.3 is 14.7 Å². The Balaban J connectivity index is 4.50. The van der Waals surface area contributed by atoms with E-state index in [-0.39, 0.29) is 0 Å². The summed E-state index contributed by atoms with van der Waals surface area (Å²) in [4.78, 5) is 0. The highest BCUT2D eigenvalue weighted by atomic mass is 32.2. The van der Waals surface area contributed by atoms with Crippen LogP contribution < -0.4 is 5.09 Å². The molecule has 7 nitrogen and oxygen atoms in total. The Morgan fingerprint density at radius 1 is 0.431 bits per heavy atom. The van der Waals surface area contributed by atoms with Crippen molar-refractivity contribution in [1.82, 2.24) is 5.09 Å². The number of thioether (sulfide) groups is 2. The van der Waals surface area contributed by atoms with Gasteiger partial charge in [0.1, 0.15) is 0 Å². The summed E-state index contributed by atoms with van der Waals surface area (Å²) in [5, 5.41) is 23.0. The summed E-state index contributed by atoms with van der Waals surface area (Å²) in [6.45, 7) is 7.75. The van der Waals surface area contributed by atoms with E-state index in [2.05, 4.69) is 63.6 Å². The van der Waals surface area contributed by atoms with Crippen LogP contribution in [-0.4, -0.2) is 97.4 Å². The third-order valence-corrected chi connectivity index (χ3v) is 17.6. The van der Waals surface area contributed by atoms with Crippen molar-refractivity contribution < 1.29 is 28.3 Å². The van der Waals surface area contributed by atoms with Crippen LogP contribution in [0.4, 0.5) is 0 Å². The predicted molar refractivity (Wildman–Crippen MR) is 293 cm³/mol. The van der Waals surface area contributed by atoms with Crippen molar-refractivity contribution in [2.75, 3.05) is 72.2 Å². The number of quaternary nitrogens is 1. The Bertz CT molecular complexity index is 879. The van der Waals surface area contributed by atoms with E-state index in [4.69, 9.17) is 19.3 Å². The lowest BCUT2D eigenvalue weighted by atomic mass is 10.0. The lowest BCUT2D eigenvalue weighted by molar-refractivity contribution is -0.869. The van der Waals surface area contributed by atoms with Crippen molar-refractivity contribution in [2.45, 2.75) is 281 Å². The Kier molecular flexibility index (Phi) is 51.6. The van der Waals surface area contributed by atoms with Gasteiger partial charge in [-0.15, -0.1) is 0 Å². The van der Waals surface area contributed by atoms with E-state index in [1.807, 2.05) is 0 Å². The molecule has 0 aliphatic carbocycles. The summed E-state index contributed by atoms with van der Waals surface area (Å²) in [5.41, 5.74) is 0. The Morgan fingerprint density at radius 3 is 1.05 bits per heavy atom. The molecular formula is C55H116N2O5PS2+. The van der Waals surface area contributed by atoms with E-state index in [0.29, 0.717) is 33.0 Å². The Labute approximate surface area is 416 Å². The van der Waals surface area contributed by atoms with Gasteiger partial charge in [-0.05, 0) is 75.7 Å². The summed E-state index contributed by atoms with van der Waals surface area (Å²) in [7, 11) is 3.16. The number of hydrogen-bond acceptors (Lipinski definition) is 7. The highest BCUT2D eigenvalue weighted by Crippen LogP contribution is 2.44. The monoisotopic (exact) mass is 980 g/mol. The zero-order chi connectivity index (χ0) is 47.6. The summed E-state index contributed by atoms with van der Waals surface area (Å²) >= 11 is 4.49. The highest BCUT2D eigenvalue weighted by molar-refractivity contribution is 8.00. The molecule has 0 fully saturated rings. The van der Waals surface area contributed by atoms with Gasteiger partial charge in [-0.1, -0.05) is 206 Å². The summed E-state index contributed by atoms with van der Waals surface area (Å²) < 4.78 is 26.7. The minimum Gasteiger partial charge on any atom is -0.396 e. The number of hydrogen-bond donors (Lipinski definition) is 3. The van der Waals surface area contributed by atoms with Gasteiger partial charge in [-0.25, -0.2) is 9.65 Å². The first-order valence-corrected chi connectivity index (χ1v) is 32.2. The molecule has 0 heterocycles. The zero-order valence-electron chi connectivity index (χ0n) is 44.4. The molecule has 0 aliphatic heterocycles. The van der Waals surface area contributed by atoms with Crippen molar-refractivity contribution in [3.05, 3.63) is 0 Å². The maximum absolute atomic E-state index is 13.8. The molecule has 0 aromatic heterocycles. The van der Waals surface area contributed by atoms with Crippen LogP contribution in [0.2, 0.25) is 0 Å². The molecule has 3 N–H and O–H groups in total. The van der Waals surface area contributed by atoms with Crippen molar-refractivity contribution in [3.63, 3.8) is 0 Å². The summed E-state index contributed by atoms with van der Waals surface area (Å²) in [6.07, 6.45) is 51.5. The Morgan fingerprint density at radius 2 is 0.723 bits per heavy atom. The molecule has 65 heavy (non-hydrogen) atoms. The molecular weight excluding hydrogens is 864 g/mol. The fourth-order valence-corrected chi connectivity index (χ4v) is 12.8. The van der Waals surface area contributed by atoms with Crippen LogP contribution >= 0.6 is 31.3 Å². The third kappa shape index (κ3) is 50.9. The minimum absolute atomic E-state index is 0.339. The van der Waals surface area contributed by atoms with Crippen LogP contribution in [-0.2, 0) is 13.6 Å². The lowest BCUT2D eigenvalue weighted by Crippen LogP contribution is -2.40. The molecule has 392 valence electrons. The number of likely N-dealkylation sites (N-methyl/N-ethyl adjacent to an activating group) is 1. The van der Waals surface area contributed by atoms with Crippen LogP contribution in [0.1, 0.15) is 271 Å². The number of rotatable bonds is 56. The van der Waals surface area contributed by atoms with Crippen LogP contribution in [0.15, 0.2) is 0 Å². The van der Waals surface area contributed by atoms with Gasteiger partial charge in [0.25, 0.3) is 0 Å². The second-order valence-corrected chi connectivity index (χ2v) is 25.3. The zero-order valence-corrected chi connectivity index (χ0v) is 47.0. The molecule has 0 spiro atoms. The average molecular weight is 981 g/mol. The fraction of sp³-hybridized carbons (Fsp3) is 1.00. The molecule has 0 aromatic carbocycles. The highest BCUT2D eigenvalue weighted by Gasteiger charge is 2.25. The van der Waals surface area contributed by atoms with Gasteiger partial charge in [0.05, 0.1) is 47.4 Å². The van der Waals surface area contributed by atoms with Crippen LogP contribution in [0.25, 0.3) is 0 Å². The van der Waals surface area contributed by atoms with Crippen LogP contribution in [0, 0.1) is 0 Å². The first-order chi connectivity index (χ1) is 31.7. The average Bonchev–Trinajstić information content (AvgIpc) is 3.28. The van der Waals surface area contributed by atoms with Crippen molar-refractivity contribution >= 4 is 31.3 Å². The van der Waals surface area contributed by atoms with E-state index < -0.39 is 7.75 Å². The lowest BCUT2D eigenvalue weighted by Gasteiger charge is -2.25. The molecule has 0 amide bonds. The van der Waals surface area contributed by atoms with E-state index in [1.165, 1.54) is 230 Å². The van der Waals surface area contributed by atoms with Gasteiger partial charge in [-0.2, -0.15) is 23.5 Å². The predicted octanol–water partition coefficient (Wildman–Crippen LogP) is 17.3. The normalized spacial score (nSPS) is 14.0. The molecule has 0 aromatic rings. The first-order valence-electron chi connectivity index (χ1n) is 28.6. The number of aliphatic hydroxyl groups is 2. The van der Waals surface area contributed by atoms with E-state index in [9.17, 15) is 4.57 Å². The molecule has 0 bridgehead atoms. The Hall–Kier alpha value is 0.690. The molecule has 0 saturated heterocycles. The van der Waals surface area contributed by atoms with Gasteiger partial charge in [0.15, 0.2) is 0 Å². The largest absolute Gasteiger partial charge is 0.405 e. The smallest absolute Gasteiger partial charge is 0.396 e. The van der Waals surface area contributed by atoms with E-state index >= 15 is 0 Å². The number of nitrogens with one attached hydrogen (secondary N) is 1.